The molecule has 1 aliphatic carbocycles. The zero-order valence-corrected chi connectivity index (χ0v) is 17.8. The van der Waals surface area contributed by atoms with Crippen molar-refractivity contribution in [3.63, 3.8) is 0 Å². The van der Waals surface area contributed by atoms with Gasteiger partial charge in [0.15, 0.2) is 5.96 Å². The molecular weight excluding hydrogens is 429 g/mol. The van der Waals surface area contributed by atoms with E-state index in [2.05, 4.69) is 28.6 Å². The van der Waals surface area contributed by atoms with Crippen LogP contribution in [-0.4, -0.2) is 38.4 Å². The number of hydrogen-bond donors (Lipinski definition) is 2. The highest BCUT2D eigenvalue weighted by molar-refractivity contribution is 14.0. The second-order valence-electron chi connectivity index (χ2n) is 5.95. The molecule has 25 heavy (non-hydrogen) atoms. The van der Waals surface area contributed by atoms with Gasteiger partial charge in [-0.1, -0.05) is 18.2 Å². The van der Waals surface area contributed by atoms with Gasteiger partial charge in [-0.3, -0.25) is 0 Å². The summed E-state index contributed by atoms with van der Waals surface area (Å²) in [6.45, 7) is 7.95. The summed E-state index contributed by atoms with van der Waals surface area (Å²) in [5.74, 6) is 1.81. The minimum absolute atomic E-state index is 0. The third-order valence-corrected chi connectivity index (χ3v) is 4.03. The molecule has 0 aromatic heterocycles. The van der Waals surface area contributed by atoms with Gasteiger partial charge in [0, 0.05) is 31.9 Å². The van der Waals surface area contributed by atoms with Crippen molar-refractivity contribution >= 4 is 29.9 Å². The highest BCUT2D eigenvalue weighted by Gasteiger charge is 2.20. The van der Waals surface area contributed by atoms with Crippen molar-refractivity contribution < 1.29 is 9.47 Å². The van der Waals surface area contributed by atoms with Crippen molar-refractivity contribution in [1.29, 1.82) is 0 Å². The van der Waals surface area contributed by atoms with E-state index in [1.165, 1.54) is 19.3 Å². The fraction of sp³-hybridized carbons (Fsp3) is 0.632. The van der Waals surface area contributed by atoms with Crippen LogP contribution in [-0.2, 0) is 11.3 Å². The van der Waals surface area contributed by atoms with Crippen molar-refractivity contribution in [2.45, 2.75) is 52.2 Å². The first-order chi connectivity index (χ1) is 11.8. The third kappa shape index (κ3) is 8.27. The highest BCUT2D eigenvalue weighted by Crippen LogP contribution is 2.27. The van der Waals surface area contributed by atoms with Crippen LogP contribution in [0.4, 0.5) is 0 Å². The Kier molecular flexibility index (Phi) is 11.6. The molecule has 0 radical (unpaired) electrons. The summed E-state index contributed by atoms with van der Waals surface area (Å²) in [6.07, 6.45) is 4.98. The molecule has 0 unspecified atom stereocenters. The predicted molar refractivity (Wildman–Crippen MR) is 114 cm³/mol. The minimum atomic E-state index is 0. The van der Waals surface area contributed by atoms with E-state index in [9.17, 15) is 0 Å². The van der Waals surface area contributed by atoms with E-state index in [0.717, 1.165) is 50.0 Å². The van der Waals surface area contributed by atoms with Crippen LogP contribution in [0.3, 0.4) is 0 Å². The average molecular weight is 461 g/mol. The maximum atomic E-state index is 6.07. The van der Waals surface area contributed by atoms with Crippen LogP contribution >= 0.6 is 24.0 Å². The lowest BCUT2D eigenvalue weighted by Gasteiger charge is -2.27. The lowest BCUT2D eigenvalue weighted by atomic mass is 9.96. The van der Waals surface area contributed by atoms with Crippen molar-refractivity contribution in [3.8, 4) is 5.75 Å². The van der Waals surface area contributed by atoms with Crippen LogP contribution in [0, 0.1) is 0 Å². The van der Waals surface area contributed by atoms with E-state index < -0.39 is 0 Å². The summed E-state index contributed by atoms with van der Waals surface area (Å²) in [5.41, 5.74) is 1.14. The van der Waals surface area contributed by atoms with Crippen LogP contribution in [0.5, 0.6) is 5.75 Å². The van der Waals surface area contributed by atoms with Crippen LogP contribution in [0.1, 0.15) is 45.1 Å². The van der Waals surface area contributed by atoms with Crippen LogP contribution in [0.25, 0.3) is 0 Å². The first kappa shape index (κ1) is 22.0. The molecule has 0 bridgehead atoms. The van der Waals surface area contributed by atoms with E-state index in [1.54, 1.807) is 0 Å². The van der Waals surface area contributed by atoms with Gasteiger partial charge in [-0.15, -0.1) is 24.0 Å². The minimum Gasteiger partial charge on any atom is -0.490 e. The molecule has 2 N–H and O–H groups in total. The number of aliphatic imine (C=N–C) groups is 1. The second kappa shape index (κ2) is 13.2. The fourth-order valence-corrected chi connectivity index (χ4v) is 2.45. The SMILES string of the molecule is CCNC(=NCc1ccccc1OC1CCC1)NCCCOCC.I. The van der Waals surface area contributed by atoms with E-state index in [-0.39, 0.29) is 24.0 Å². The van der Waals surface area contributed by atoms with E-state index in [1.807, 2.05) is 25.1 Å². The largest absolute Gasteiger partial charge is 0.490 e. The molecule has 0 heterocycles. The standard InChI is InChI=1S/C19H31N3O2.HI/c1-3-20-19(21-13-8-14-23-4-2)22-15-16-9-5-6-12-18(16)24-17-10-7-11-17;/h5-6,9,12,17H,3-4,7-8,10-11,13-15H2,1-2H3,(H2,20,21,22);1H. The Morgan fingerprint density at radius 2 is 2.00 bits per heavy atom. The number of ether oxygens (including phenoxy) is 2. The molecule has 1 aromatic carbocycles. The second-order valence-corrected chi connectivity index (χ2v) is 5.95. The zero-order valence-electron chi connectivity index (χ0n) is 15.4. The summed E-state index contributed by atoms with van der Waals surface area (Å²) in [5, 5.41) is 6.63. The van der Waals surface area contributed by atoms with Crippen molar-refractivity contribution in [1.82, 2.24) is 10.6 Å². The molecule has 142 valence electrons. The van der Waals surface area contributed by atoms with E-state index in [4.69, 9.17) is 9.47 Å². The van der Waals surface area contributed by atoms with Crippen molar-refractivity contribution in [3.05, 3.63) is 29.8 Å². The number of nitrogens with one attached hydrogen (secondary N) is 2. The van der Waals surface area contributed by atoms with Crippen LogP contribution < -0.4 is 15.4 Å². The fourth-order valence-electron chi connectivity index (χ4n) is 2.45. The molecule has 1 fully saturated rings. The third-order valence-electron chi connectivity index (χ3n) is 4.03. The maximum absolute atomic E-state index is 6.07. The Bertz CT molecular complexity index is 507. The van der Waals surface area contributed by atoms with Crippen molar-refractivity contribution in [2.75, 3.05) is 26.3 Å². The number of hydrogen-bond acceptors (Lipinski definition) is 3. The zero-order chi connectivity index (χ0) is 17.0. The van der Waals surface area contributed by atoms with Crippen molar-refractivity contribution in [2.24, 2.45) is 4.99 Å². The van der Waals surface area contributed by atoms with Crippen LogP contribution in [0.15, 0.2) is 29.3 Å². The summed E-state index contributed by atoms with van der Waals surface area (Å²) >= 11 is 0. The highest BCUT2D eigenvalue weighted by atomic mass is 127. The molecule has 2 rings (SSSR count). The van der Waals surface area contributed by atoms with Gasteiger partial charge in [0.25, 0.3) is 0 Å². The van der Waals surface area contributed by atoms with Gasteiger partial charge in [-0.05, 0) is 45.6 Å². The van der Waals surface area contributed by atoms with E-state index >= 15 is 0 Å². The molecule has 1 aliphatic rings. The van der Waals surface area contributed by atoms with Gasteiger partial charge in [-0.25, -0.2) is 4.99 Å². The Balaban J connectivity index is 0.00000312. The molecule has 1 saturated carbocycles. The maximum Gasteiger partial charge on any atom is 0.191 e. The molecular formula is C19H32IN3O2. The van der Waals surface area contributed by atoms with Gasteiger partial charge in [0.05, 0.1) is 12.6 Å². The summed E-state index contributed by atoms with van der Waals surface area (Å²) < 4.78 is 11.4. The quantitative estimate of drug-likeness (QED) is 0.242. The normalized spacial score (nSPS) is 14.4. The molecule has 1 aromatic rings. The summed E-state index contributed by atoms with van der Waals surface area (Å²) in [6, 6.07) is 8.21. The number of nitrogens with zero attached hydrogens (tertiary/aromatic N) is 1. The monoisotopic (exact) mass is 461 g/mol. The number of para-hydroxylation sites is 1. The first-order valence-corrected chi connectivity index (χ1v) is 9.18. The van der Waals surface area contributed by atoms with Gasteiger partial charge in [0.1, 0.15) is 5.75 Å². The van der Waals surface area contributed by atoms with E-state index in [0.29, 0.717) is 12.6 Å². The molecule has 0 saturated heterocycles. The molecule has 6 heteroatoms. The summed E-state index contributed by atoms with van der Waals surface area (Å²) in [7, 11) is 0. The Hall–Kier alpha value is -1.02. The van der Waals surface area contributed by atoms with Gasteiger partial charge < -0.3 is 20.1 Å². The average Bonchev–Trinajstić information content (AvgIpc) is 2.56. The molecule has 0 spiro atoms. The molecule has 5 nitrogen and oxygen atoms in total. The number of halogens is 1. The topological polar surface area (TPSA) is 54.9 Å². The number of rotatable bonds is 10. The molecule has 0 aliphatic heterocycles. The van der Waals surface area contributed by atoms with Gasteiger partial charge in [-0.2, -0.15) is 0 Å². The molecule has 0 amide bonds. The number of guanidine groups is 1. The lowest BCUT2D eigenvalue weighted by molar-refractivity contribution is 0.119. The van der Waals surface area contributed by atoms with Gasteiger partial charge >= 0.3 is 0 Å². The Morgan fingerprint density at radius 1 is 1.20 bits per heavy atom. The smallest absolute Gasteiger partial charge is 0.191 e. The Labute approximate surface area is 169 Å². The van der Waals surface area contributed by atoms with Crippen LogP contribution in [0.2, 0.25) is 0 Å². The first-order valence-electron chi connectivity index (χ1n) is 9.18. The summed E-state index contributed by atoms with van der Waals surface area (Å²) in [4.78, 5) is 4.69. The predicted octanol–water partition coefficient (Wildman–Crippen LogP) is 3.72. The van der Waals surface area contributed by atoms with Gasteiger partial charge in [0.2, 0.25) is 0 Å². The molecule has 0 atom stereocenters. The number of benzene rings is 1. The Morgan fingerprint density at radius 3 is 2.68 bits per heavy atom. The lowest BCUT2D eigenvalue weighted by Crippen LogP contribution is -2.38.